The van der Waals surface area contributed by atoms with Crippen molar-refractivity contribution in [2.45, 2.75) is 43.9 Å². The summed E-state index contributed by atoms with van der Waals surface area (Å²) in [7, 11) is 0.312. The maximum Gasteiger partial charge on any atom is 0.230 e. The van der Waals surface area contributed by atoms with E-state index in [-0.39, 0.29) is 11.7 Å². The number of carbonyl (C=O) groups is 1. The standard InChI is InChI=1S/C21H34N4O3S/c1-4-22-20(24-17-21(13-8-9-14-21)19(26)25(2)3)23-15-10-16-29(27,28)18-11-6-5-7-12-18/h5-7,11-12H,4,8-10,13-17H2,1-3H3,(H2,22,23,24). The molecule has 1 aliphatic carbocycles. The van der Waals surface area contributed by atoms with Crippen molar-refractivity contribution in [1.82, 2.24) is 15.5 Å². The van der Waals surface area contributed by atoms with Crippen molar-refractivity contribution in [2.24, 2.45) is 10.4 Å². The topological polar surface area (TPSA) is 90.9 Å². The molecule has 0 unspecified atom stereocenters. The second-order valence-corrected chi connectivity index (χ2v) is 9.90. The molecule has 8 heteroatoms. The zero-order valence-corrected chi connectivity index (χ0v) is 18.6. The highest BCUT2D eigenvalue weighted by atomic mass is 32.2. The van der Waals surface area contributed by atoms with E-state index in [4.69, 9.17) is 0 Å². The van der Waals surface area contributed by atoms with Gasteiger partial charge in [-0.15, -0.1) is 0 Å². The average Bonchev–Trinajstić information content (AvgIpc) is 3.19. The van der Waals surface area contributed by atoms with Crippen molar-refractivity contribution in [3.63, 3.8) is 0 Å². The molecule has 1 fully saturated rings. The van der Waals surface area contributed by atoms with Gasteiger partial charge in [0.05, 0.1) is 22.6 Å². The van der Waals surface area contributed by atoms with Crippen LogP contribution in [0, 0.1) is 5.41 Å². The van der Waals surface area contributed by atoms with Crippen LogP contribution in [0.3, 0.4) is 0 Å². The molecular weight excluding hydrogens is 388 g/mol. The van der Waals surface area contributed by atoms with Crippen LogP contribution in [0.25, 0.3) is 0 Å². The van der Waals surface area contributed by atoms with E-state index in [0.29, 0.717) is 36.9 Å². The molecule has 1 aromatic rings. The second-order valence-electron chi connectivity index (χ2n) is 7.79. The van der Waals surface area contributed by atoms with Crippen LogP contribution in [0.15, 0.2) is 40.2 Å². The van der Waals surface area contributed by atoms with E-state index in [9.17, 15) is 13.2 Å². The molecule has 1 aromatic carbocycles. The lowest BCUT2D eigenvalue weighted by Crippen LogP contribution is -2.43. The van der Waals surface area contributed by atoms with E-state index in [1.54, 1.807) is 49.3 Å². The Kier molecular flexibility index (Phi) is 8.49. The van der Waals surface area contributed by atoms with Crippen molar-refractivity contribution in [3.05, 3.63) is 30.3 Å². The first kappa shape index (κ1) is 23.2. The van der Waals surface area contributed by atoms with Gasteiger partial charge in [0.2, 0.25) is 5.91 Å². The van der Waals surface area contributed by atoms with Gasteiger partial charge < -0.3 is 15.5 Å². The molecule has 2 rings (SSSR count). The summed E-state index contributed by atoms with van der Waals surface area (Å²) in [6, 6.07) is 8.51. The first-order valence-electron chi connectivity index (χ1n) is 10.3. The number of nitrogens with one attached hydrogen (secondary N) is 2. The van der Waals surface area contributed by atoms with Crippen LogP contribution >= 0.6 is 0 Å². The lowest BCUT2D eigenvalue weighted by molar-refractivity contribution is -0.138. The first-order valence-corrected chi connectivity index (χ1v) is 12.0. The van der Waals surface area contributed by atoms with E-state index in [1.165, 1.54) is 0 Å². The number of rotatable bonds is 9. The van der Waals surface area contributed by atoms with Gasteiger partial charge in [-0.25, -0.2) is 8.42 Å². The number of hydrogen-bond acceptors (Lipinski definition) is 4. The molecule has 0 bridgehead atoms. The monoisotopic (exact) mass is 422 g/mol. The minimum Gasteiger partial charge on any atom is -0.357 e. The molecule has 162 valence electrons. The number of nitrogens with zero attached hydrogens (tertiary/aromatic N) is 2. The molecule has 1 aliphatic rings. The minimum absolute atomic E-state index is 0.0759. The third-order valence-corrected chi connectivity index (χ3v) is 7.11. The molecule has 0 aliphatic heterocycles. The van der Waals surface area contributed by atoms with Crippen molar-refractivity contribution in [3.8, 4) is 0 Å². The fourth-order valence-electron chi connectivity index (χ4n) is 3.75. The van der Waals surface area contributed by atoms with Gasteiger partial charge in [-0.2, -0.15) is 0 Å². The summed E-state index contributed by atoms with van der Waals surface area (Å²) in [6.07, 6.45) is 4.31. The van der Waals surface area contributed by atoms with Crippen molar-refractivity contribution in [2.75, 3.05) is 39.5 Å². The summed E-state index contributed by atoms with van der Waals surface area (Å²) in [5, 5.41) is 6.39. The van der Waals surface area contributed by atoms with Gasteiger partial charge >= 0.3 is 0 Å². The molecule has 7 nitrogen and oxygen atoms in total. The SMILES string of the molecule is CCNC(=NCC1(C(=O)N(C)C)CCCC1)NCCCS(=O)(=O)c1ccccc1. The lowest BCUT2D eigenvalue weighted by Gasteiger charge is -2.29. The number of aliphatic imine (C=N–C) groups is 1. The lowest BCUT2D eigenvalue weighted by atomic mass is 9.85. The van der Waals surface area contributed by atoms with Crippen molar-refractivity contribution < 1.29 is 13.2 Å². The zero-order chi connectivity index (χ0) is 21.3. The summed E-state index contributed by atoms with van der Waals surface area (Å²) in [5.74, 6) is 0.845. The summed E-state index contributed by atoms with van der Waals surface area (Å²) < 4.78 is 24.7. The third kappa shape index (κ3) is 6.45. The van der Waals surface area contributed by atoms with Crippen LogP contribution in [0.5, 0.6) is 0 Å². The number of sulfone groups is 1. The highest BCUT2D eigenvalue weighted by Gasteiger charge is 2.42. The molecule has 0 saturated heterocycles. The fourth-order valence-corrected chi connectivity index (χ4v) is 5.08. The van der Waals surface area contributed by atoms with E-state index >= 15 is 0 Å². The normalized spacial score (nSPS) is 16.4. The molecule has 1 saturated carbocycles. The molecule has 0 radical (unpaired) electrons. The summed E-state index contributed by atoms with van der Waals surface area (Å²) in [5.41, 5.74) is -0.414. The average molecular weight is 423 g/mol. The molecule has 0 heterocycles. The van der Waals surface area contributed by atoms with Crippen LogP contribution in [0.1, 0.15) is 39.0 Å². The van der Waals surface area contributed by atoms with Gasteiger partial charge in [-0.3, -0.25) is 9.79 Å². The number of hydrogen-bond donors (Lipinski definition) is 2. The Labute approximate surface area is 174 Å². The van der Waals surface area contributed by atoms with Gasteiger partial charge in [-0.1, -0.05) is 31.0 Å². The number of guanidine groups is 1. The Morgan fingerprint density at radius 3 is 2.38 bits per heavy atom. The Balaban J connectivity index is 1.93. The summed E-state index contributed by atoms with van der Waals surface area (Å²) in [4.78, 5) is 19.4. The first-order chi connectivity index (χ1) is 13.8. The molecule has 0 spiro atoms. The third-order valence-electron chi connectivity index (χ3n) is 5.29. The number of amides is 1. The highest BCUT2D eigenvalue weighted by molar-refractivity contribution is 7.91. The van der Waals surface area contributed by atoms with E-state index in [1.807, 2.05) is 6.92 Å². The predicted octanol–water partition coefficient (Wildman–Crippen LogP) is 2.05. The Morgan fingerprint density at radius 1 is 1.14 bits per heavy atom. The maximum atomic E-state index is 12.7. The molecule has 0 aromatic heterocycles. The van der Waals surface area contributed by atoms with Crippen LogP contribution in [0.4, 0.5) is 0 Å². The van der Waals surface area contributed by atoms with Crippen LogP contribution in [-0.2, 0) is 14.6 Å². The van der Waals surface area contributed by atoms with Gasteiger partial charge in [-0.05, 0) is 38.3 Å². The van der Waals surface area contributed by atoms with Gasteiger partial charge in [0, 0.05) is 27.2 Å². The van der Waals surface area contributed by atoms with Crippen molar-refractivity contribution >= 4 is 21.7 Å². The van der Waals surface area contributed by atoms with E-state index in [0.717, 1.165) is 25.7 Å². The fraction of sp³-hybridized carbons (Fsp3) is 0.619. The Bertz CT molecular complexity index is 785. The van der Waals surface area contributed by atoms with Gasteiger partial charge in [0.1, 0.15) is 0 Å². The number of benzene rings is 1. The number of carbonyl (C=O) groups excluding carboxylic acids is 1. The minimum atomic E-state index is -3.28. The second kappa shape index (κ2) is 10.6. The van der Waals surface area contributed by atoms with Gasteiger partial charge in [0.25, 0.3) is 0 Å². The quantitative estimate of drug-likeness (QED) is 0.361. The molecule has 29 heavy (non-hydrogen) atoms. The Morgan fingerprint density at radius 2 is 1.79 bits per heavy atom. The predicted molar refractivity (Wildman–Crippen MR) is 117 cm³/mol. The zero-order valence-electron chi connectivity index (χ0n) is 17.8. The molecule has 2 N–H and O–H groups in total. The van der Waals surface area contributed by atoms with Crippen molar-refractivity contribution in [1.29, 1.82) is 0 Å². The largest absolute Gasteiger partial charge is 0.357 e. The molecular formula is C21H34N4O3S. The van der Waals surface area contributed by atoms with E-state index in [2.05, 4.69) is 15.6 Å². The Hall–Kier alpha value is -2.09. The molecule has 1 amide bonds. The van der Waals surface area contributed by atoms with Gasteiger partial charge in [0.15, 0.2) is 15.8 Å². The van der Waals surface area contributed by atoms with E-state index < -0.39 is 15.3 Å². The summed E-state index contributed by atoms with van der Waals surface area (Å²) >= 11 is 0. The highest BCUT2D eigenvalue weighted by Crippen LogP contribution is 2.39. The maximum absolute atomic E-state index is 12.7. The molecule has 0 atom stereocenters. The van der Waals surface area contributed by atoms with Crippen LogP contribution in [-0.4, -0.2) is 64.7 Å². The smallest absolute Gasteiger partial charge is 0.230 e. The summed E-state index contributed by atoms with van der Waals surface area (Å²) in [6.45, 7) is 3.62. The van der Waals surface area contributed by atoms with Crippen LogP contribution in [0.2, 0.25) is 0 Å². The van der Waals surface area contributed by atoms with Crippen LogP contribution < -0.4 is 10.6 Å².